The molecule has 2 saturated heterocycles. The predicted molar refractivity (Wildman–Crippen MR) is 112 cm³/mol. The molecule has 7 nitrogen and oxygen atoms in total. The van der Waals surface area contributed by atoms with Crippen LogP contribution >= 0.6 is 0 Å². The van der Waals surface area contributed by atoms with Crippen LogP contribution in [0.1, 0.15) is 57.8 Å². The molecule has 0 radical (unpaired) electrons. The fraction of sp³-hybridized carbons (Fsp3) is 0.913. The van der Waals surface area contributed by atoms with Crippen LogP contribution in [0.2, 0.25) is 0 Å². The van der Waals surface area contributed by atoms with Gasteiger partial charge in [0.15, 0.2) is 0 Å². The number of hydrogen-bond donors (Lipinski definition) is 2. The van der Waals surface area contributed by atoms with Crippen LogP contribution in [0.25, 0.3) is 0 Å². The first-order valence-electron chi connectivity index (χ1n) is 12.0. The molecule has 2 aliphatic heterocycles. The zero-order valence-corrected chi connectivity index (χ0v) is 18.2. The number of nitrogens with one attached hydrogen (secondary N) is 1. The van der Waals surface area contributed by atoms with E-state index in [0.717, 1.165) is 77.4 Å². The zero-order valence-electron chi connectivity index (χ0n) is 18.2. The molecule has 6 fully saturated rings. The van der Waals surface area contributed by atoms with Gasteiger partial charge in [-0.2, -0.15) is 0 Å². The molecule has 4 saturated carbocycles. The van der Waals surface area contributed by atoms with Crippen molar-refractivity contribution < 1.29 is 19.4 Å². The summed E-state index contributed by atoms with van der Waals surface area (Å²) < 4.78 is 5.42. The van der Waals surface area contributed by atoms with Crippen LogP contribution < -0.4 is 5.32 Å². The van der Waals surface area contributed by atoms with Crippen LogP contribution in [0.5, 0.6) is 0 Å². The predicted octanol–water partition coefficient (Wildman–Crippen LogP) is 1.98. The van der Waals surface area contributed by atoms with E-state index in [0.29, 0.717) is 24.3 Å². The Morgan fingerprint density at radius 1 is 1.00 bits per heavy atom. The minimum atomic E-state index is -0.274. The number of methoxy groups -OCH3 is 1. The van der Waals surface area contributed by atoms with E-state index in [1.54, 1.807) is 7.11 Å². The van der Waals surface area contributed by atoms with Crippen LogP contribution in [0.15, 0.2) is 0 Å². The lowest BCUT2D eigenvalue weighted by atomic mass is 9.48. The number of carbonyl (C=O) groups excluding carboxylic acids is 2. The summed E-state index contributed by atoms with van der Waals surface area (Å²) in [6, 6.07) is 0.158. The third-order valence-corrected chi connectivity index (χ3v) is 8.78. The van der Waals surface area contributed by atoms with E-state index in [4.69, 9.17) is 4.74 Å². The van der Waals surface area contributed by atoms with Gasteiger partial charge in [0.2, 0.25) is 5.91 Å². The lowest BCUT2D eigenvalue weighted by Gasteiger charge is -2.58. The Morgan fingerprint density at radius 3 is 2.37 bits per heavy atom. The van der Waals surface area contributed by atoms with Gasteiger partial charge in [-0.1, -0.05) is 0 Å². The van der Waals surface area contributed by atoms with Gasteiger partial charge in [-0.15, -0.1) is 0 Å². The molecule has 6 aliphatic rings. The number of aliphatic hydroxyl groups excluding tert-OH is 1. The second-order valence-electron chi connectivity index (χ2n) is 10.7. The van der Waals surface area contributed by atoms with Gasteiger partial charge in [-0.05, 0) is 75.5 Å². The molecule has 3 atom stereocenters. The van der Waals surface area contributed by atoms with Crippen molar-refractivity contribution in [1.82, 2.24) is 15.1 Å². The van der Waals surface area contributed by atoms with Crippen molar-refractivity contribution in [2.24, 2.45) is 23.2 Å². The van der Waals surface area contributed by atoms with Gasteiger partial charge in [0, 0.05) is 39.3 Å². The third kappa shape index (κ3) is 3.62. The Labute approximate surface area is 179 Å². The smallest absolute Gasteiger partial charge is 0.320 e. The molecule has 2 heterocycles. The first kappa shape index (κ1) is 20.6. The van der Waals surface area contributed by atoms with Crippen molar-refractivity contribution in [1.29, 1.82) is 0 Å². The maximum absolute atomic E-state index is 13.4. The van der Waals surface area contributed by atoms with Gasteiger partial charge >= 0.3 is 6.03 Å². The topological polar surface area (TPSA) is 82.1 Å². The van der Waals surface area contributed by atoms with E-state index in [1.807, 2.05) is 9.80 Å². The Morgan fingerprint density at radius 2 is 1.70 bits per heavy atom. The number of nitrogens with zero attached hydrogens (tertiary/aromatic N) is 2. The number of ether oxygens (including phenoxy) is 1. The lowest BCUT2D eigenvalue weighted by Crippen LogP contribution is -2.61. The third-order valence-electron chi connectivity index (χ3n) is 8.78. The first-order chi connectivity index (χ1) is 14.5. The summed E-state index contributed by atoms with van der Waals surface area (Å²) >= 11 is 0. The number of amides is 3. The number of carbonyl (C=O) groups is 2. The molecular formula is C23H37N3O4. The van der Waals surface area contributed by atoms with E-state index in [1.165, 1.54) is 0 Å². The second-order valence-corrected chi connectivity index (χ2v) is 10.7. The second kappa shape index (κ2) is 7.97. The molecule has 0 aromatic carbocycles. The van der Waals surface area contributed by atoms with Gasteiger partial charge < -0.3 is 25.0 Å². The molecule has 4 aliphatic carbocycles. The maximum atomic E-state index is 13.4. The summed E-state index contributed by atoms with van der Waals surface area (Å²) in [6.45, 7) is 2.89. The standard InChI is InChI=1S/C23H37N3O4/c1-30-19-4-7-25(8-5-19)22(29)26-6-2-3-18(14-26)24-21(28)23-11-15-9-16(12-23)20(27)17(10-15)13-23/h15-20,27H,2-14H2,1H3,(H,24,28)/t15?,16?,17?,18-,20?,23?/m0/s1. The maximum Gasteiger partial charge on any atom is 0.320 e. The van der Waals surface area contributed by atoms with E-state index in [2.05, 4.69) is 5.32 Å². The fourth-order valence-corrected chi connectivity index (χ4v) is 7.37. The fourth-order valence-electron chi connectivity index (χ4n) is 7.37. The van der Waals surface area contributed by atoms with Gasteiger partial charge in [0.1, 0.15) is 0 Å². The average Bonchev–Trinajstić information content (AvgIpc) is 2.76. The number of piperidine rings is 2. The van der Waals surface area contributed by atoms with Gasteiger partial charge in [-0.25, -0.2) is 4.79 Å². The van der Waals surface area contributed by atoms with E-state index in [9.17, 15) is 14.7 Å². The number of likely N-dealkylation sites (tertiary alicyclic amines) is 2. The van der Waals surface area contributed by atoms with Crippen LogP contribution in [0, 0.1) is 23.2 Å². The average molecular weight is 420 g/mol. The molecule has 3 amide bonds. The molecule has 4 bridgehead atoms. The van der Waals surface area contributed by atoms with Gasteiger partial charge in [-0.3, -0.25) is 4.79 Å². The highest BCUT2D eigenvalue weighted by molar-refractivity contribution is 5.83. The van der Waals surface area contributed by atoms with Crippen molar-refractivity contribution in [3.63, 3.8) is 0 Å². The molecule has 2 unspecified atom stereocenters. The molecule has 0 aromatic heterocycles. The lowest BCUT2D eigenvalue weighted by molar-refractivity contribution is -0.163. The zero-order chi connectivity index (χ0) is 20.9. The van der Waals surface area contributed by atoms with Crippen molar-refractivity contribution in [2.45, 2.75) is 76.0 Å². The Balaban J connectivity index is 1.18. The summed E-state index contributed by atoms with van der Waals surface area (Å²) in [4.78, 5) is 30.3. The van der Waals surface area contributed by atoms with E-state index >= 15 is 0 Å². The summed E-state index contributed by atoms with van der Waals surface area (Å²) in [5, 5.41) is 13.8. The molecule has 7 heteroatoms. The summed E-state index contributed by atoms with van der Waals surface area (Å²) in [5.74, 6) is 1.41. The van der Waals surface area contributed by atoms with Crippen LogP contribution in [0.3, 0.4) is 0 Å². The normalized spacial score (nSPS) is 41.2. The Hall–Kier alpha value is -1.34. The number of rotatable bonds is 3. The SMILES string of the molecule is COC1CCN(C(=O)N2CCC[C@H](NC(=O)C34CC5CC(C3)C(O)C(C5)C4)C2)CC1. The van der Waals surface area contributed by atoms with Crippen molar-refractivity contribution >= 4 is 11.9 Å². The number of urea groups is 1. The number of hydrogen-bond acceptors (Lipinski definition) is 4. The monoisotopic (exact) mass is 419 g/mol. The van der Waals surface area contributed by atoms with Gasteiger partial charge in [0.05, 0.1) is 17.6 Å². The summed E-state index contributed by atoms with van der Waals surface area (Å²) in [5.41, 5.74) is -0.274. The van der Waals surface area contributed by atoms with Gasteiger partial charge in [0.25, 0.3) is 0 Å². The molecule has 30 heavy (non-hydrogen) atoms. The molecular weight excluding hydrogens is 382 g/mol. The number of aliphatic hydroxyl groups is 1. The van der Waals surface area contributed by atoms with Crippen LogP contribution in [0.4, 0.5) is 4.79 Å². The minimum absolute atomic E-state index is 0.0460. The highest BCUT2D eigenvalue weighted by Gasteiger charge is 2.58. The first-order valence-corrected chi connectivity index (χ1v) is 12.0. The van der Waals surface area contributed by atoms with E-state index in [-0.39, 0.29) is 35.6 Å². The van der Waals surface area contributed by atoms with Crippen LogP contribution in [-0.2, 0) is 9.53 Å². The largest absolute Gasteiger partial charge is 0.393 e. The van der Waals surface area contributed by atoms with Crippen LogP contribution in [-0.4, -0.2) is 78.4 Å². The summed E-state index contributed by atoms with van der Waals surface area (Å²) in [7, 11) is 1.74. The molecule has 2 N–H and O–H groups in total. The quantitative estimate of drug-likeness (QED) is 0.733. The Kier molecular flexibility index (Phi) is 5.46. The molecule has 0 aromatic rings. The highest BCUT2D eigenvalue weighted by atomic mass is 16.5. The van der Waals surface area contributed by atoms with E-state index < -0.39 is 0 Å². The highest BCUT2D eigenvalue weighted by Crippen LogP contribution is 2.60. The molecule has 168 valence electrons. The van der Waals surface area contributed by atoms with Crippen molar-refractivity contribution in [3.05, 3.63) is 0 Å². The van der Waals surface area contributed by atoms with Crippen molar-refractivity contribution in [3.8, 4) is 0 Å². The molecule has 0 spiro atoms. The van der Waals surface area contributed by atoms with Crippen molar-refractivity contribution in [2.75, 3.05) is 33.3 Å². The minimum Gasteiger partial charge on any atom is -0.393 e. The summed E-state index contributed by atoms with van der Waals surface area (Å²) in [6.07, 6.45) is 8.60. The molecule has 6 rings (SSSR count). The Bertz CT molecular complexity index is 661.